The van der Waals surface area contributed by atoms with Gasteiger partial charge in [-0.05, 0) is 36.2 Å². The Balaban J connectivity index is 1.69. The summed E-state index contributed by atoms with van der Waals surface area (Å²) < 4.78 is 10.6. The number of H-pyrrole nitrogens is 1. The van der Waals surface area contributed by atoms with Gasteiger partial charge in [-0.25, -0.2) is 0 Å². The van der Waals surface area contributed by atoms with E-state index in [1.54, 1.807) is 20.3 Å². The molecule has 3 rings (SSSR count). The Morgan fingerprint density at radius 1 is 1.00 bits per heavy atom. The number of nitrogens with one attached hydrogen (secondary N) is 2. The first-order valence-electron chi connectivity index (χ1n) is 7.78. The van der Waals surface area contributed by atoms with Crippen LogP contribution in [-0.4, -0.2) is 25.7 Å². The number of benzene rings is 2. The van der Waals surface area contributed by atoms with Crippen LogP contribution in [0.4, 0.5) is 5.82 Å². The Hall–Kier alpha value is -2.95. The number of hydrogen-bond acceptors (Lipinski definition) is 4. The molecular weight excluding hydrogens is 304 g/mol. The summed E-state index contributed by atoms with van der Waals surface area (Å²) in [4.78, 5) is 15.3. The highest BCUT2D eigenvalue weighted by atomic mass is 16.5. The molecule has 0 atom stereocenters. The molecular formula is C19H20N2O3. The number of aromatic amines is 1. The fraction of sp³-hybridized carbons (Fsp3) is 0.211. The van der Waals surface area contributed by atoms with Crippen LogP contribution < -0.4 is 20.2 Å². The number of aromatic nitrogens is 1. The van der Waals surface area contributed by atoms with E-state index in [1.807, 2.05) is 42.5 Å². The fourth-order valence-electron chi connectivity index (χ4n) is 2.67. The van der Waals surface area contributed by atoms with Gasteiger partial charge in [-0.3, -0.25) is 4.79 Å². The molecule has 24 heavy (non-hydrogen) atoms. The van der Waals surface area contributed by atoms with Gasteiger partial charge in [-0.2, -0.15) is 0 Å². The third-order valence-electron chi connectivity index (χ3n) is 3.91. The summed E-state index contributed by atoms with van der Waals surface area (Å²) in [5.74, 6) is 2.15. The lowest BCUT2D eigenvalue weighted by atomic mass is 10.1. The van der Waals surface area contributed by atoms with Crippen LogP contribution in [0.1, 0.15) is 5.56 Å². The molecule has 0 aliphatic rings. The minimum absolute atomic E-state index is 0.0120. The van der Waals surface area contributed by atoms with Crippen molar-refractivity contribution in [3.63, 3.8) is 0 Å². The fourth-order valence-corrected chi connectivity index (χ4v) is 2.67. The maximum Gasteiger partial charge on any atom is 0.191 e. The molecule has 1 aromatic heterocycles. The highest BCUT2D eigenvalue weighted by molar-refractivity contribution is 5.79. The highest BCUT2D eigenvalue weighted by Crippen LogP contribution is 2.27. The largest absolute Gasteiger partial charge is 0.493 e. The summed E-state index contributed by atoms with van der Waals surface area (Å²) in [6.07, 6.45) is 0.801. The predicted molar refractivity (Wildman–Crippen MR) is 96.3 cm³/mol. The maximum absolute atomic E-state index is 12.1. The van der Waals surface area contributed by atoms with E-state index in [0.717, 1.165) is 23.3 Å². The molecule has 5 heteroatoms. The number of pyridine rings is 1. The molecule has 0 aliphatic heterocycles. The predicted octanol–water partition coefficient (Wildman–Crippen LogP) is 3.20. The molecule has 2 N–H and O–H groups in total. The van der Waals surface area contributed by atoms with Gasteiger partial charge in [0.2, 0.25) is 0 Å². The molecule has 5 nitrogen and oxygen atoms in total. The van der Waals surface area contributed by atoms with Crippen LogP contribution >= 0.6 is 0 Å². The molecule has 0 saturated heterocycles. The van der Waals surface area contributed by atoms with Crippen molar-refractivity contribution in [2.75, 3.05) is 26.1 Å². The van der Waals surface area contributed by atoms with Crippen LogP contribution in [0.2, 0.25) is 0 Å². The first kappa shape index (κ1) is 15.9. The molecule has 1 heterocycles. The Morgan fingerprint density at radius 2 is 1.79 bits per heavy atom. The van der Waals surface area contributed by atoms with Crippen molar-refractivity contribution in [1.29, 1.82) is 0 Å². The van der Waals surface area contributed by atoms with Crippen molar-refractivity contribution in [3.05, 3.63) is 64.3 Å². The van der Waals surface area contributed by atoms with E-state index in [1.165, 1.54) is 0 Å². The summed E-state index contributed by atoms with van der Waals surface area (Å²) in [7, 11) is 3.24. The van der Waals surface area contributed by atoms with Gasteiger partial charge >= 0.3 is 0 Å². The molecule has 0 saturated carbocycles. The van der Waals surface area contributed by atoms with Crippen LogP contribution in [0.3, 0.4) is 0 Å². The quantitative estimate of drug-likeness (QED) is 0.731. The molecule has 2 aromatic carbocycles. The van der Waals surface area contributed by atoms with Crippen LogP contribution in [0.25, 0.3) is 10.9 Å². The molecule has 0 aliphatic carbocycles. The number of para-hydroxylation sites is 1. The SMILES string of the molecule is COc1ccc(CCNc2cc(=O)c3ccccc3[nH]2)cc1OC. The summed E-state index contributed by atoms with van der Waals surface area (Å²) in [5, 5.41) is 3.96. The van der Waals surface area contributed by atoms with Crippen molar-refractivity contribution in [1.82, 2.24) is 4.98 Å². The minimum atomic E-state index is 0.0120. The van der Waals surface area contributed by atoms with Gasteiger partial charge in [-0.15, -0.1) is 0 Å². The number of ether oxygens (including phenoxy) is 2. The Kier molecular flexibility index (Phi) is 4.70. The average molecular weight is 324 g/mol. The highest BCUT2D eigenvalue weighted by Gasteiger charge is 2.05. The smallest absolute Gasteiger partial charge is 0.191 e. The van der Waals surface area contributed by atoms with Gasteiger partial charge in [0.05, 0.1) is 19.7 Å². The molecule has 0 radical (unpaired) electrons. The Morgan fingerprint density at radius 3 is 2.58 bits per heavy atom. The van der Waals surface area contributed by atoms with Gasteiger partial charge in [0, 0.05) is 18.0 Å². The van der Waals surface area contributed by atoms with E-state index in [-0.39, 0.29) is 5.43 Å². The van der Waals surface area contributed by atoms with Crippen LogP contribution in [0, 0.1) is 0 Å². The normalized spacial score (nSPS) is 10.6. The zero-order valence-electron chi connectivity index (χ0n) is 13.8. The standard InChI is InChI=1S/C19H20N2O3/c1-23-17-8-7-13(11-18(17)24-2)9-10-20-19-12-16(22)14-5-3-4-6-15(14)21-19/h3-8,11-12H,9-10H2,1-2H3,(H2,20,21,22). The van der Waals surface area contributed by atoms with Crippen molar-refractivity contribution in [3.8, 4) is 11.5 Å². The Bertz CT molecular complexity index is 902. The van der Waals surface area contributed by atoms with Crippen LogP contribution in [0.15, 0.2) is 53.3 Å². The van der Waals surface area contributed by atoms with Crippen molar-refractivity contribution in [2.45, 2.75) is 6.42 Å². The molecule has 0 bridgehead atoms. The number of methoxy groups -OCH3 is 2. The van der Waals surface area contributed by atoms with E-state index in [2.05, 4.69) is 10.3 Å². The van der Waals surface area contributed by atoms with Crippen LogP contribution in [0.5, 0.6) is 11.5 Å². The molecule has 0 amide bonds. The second-order valence-corrected chi connectivity index (χ2v) is 5.46. The lowest BCUT2D eigenvalue weighted by Crippen LogP contribution is -2.10. The zero-order valence-corrected chi connectivity index (χ0v) is 13.8. The second kappa shape index (κ2) is 7.08. The van der Waals surface area contributed by atoms with Gasteiger partial charge in [0.25, 0.3) is 0 Å². The lowest BCUT2D eigenvalue weighted by molar-refractivity contribution is 0.354. The molecule has 124 valence electrons. The molecule has 3 aromatic rings. The summed E-state index contributed by atoms with van der Waals surface area (Å²) in [6.45, 7) is 0.698. The maximum atomic E-state index is 12.1. The third kappa shape index (κ3) is 3.35. The van der Waals surface area contributed by atoms with E-state index in [0.29, 0.717) is 23.4 Å². The van der Waals surface area contributed by atoms with Crippen LogP contribution in [-0.2, 0) is 6.42 Å². The van der Waals surface area contributed by atoms with E-state index < -0.39 is 0 Å². The molecule has 0 unspecified atom stereocenters. The van der Waals surface area contributed by atoms with Crippen molar-refractivity contribution < 1.29 is 9.47 Å². The van der Waals surface area contributed by atoms with Gasteiger partial charge in [-0.1, -0.05) is 18.2 Å². The van der Waals surface area contributed by atoms with Crippen molar-refractivity contribution in [2.24, 2.45) is 0 Å². The van der Waals surface area contributed by atoms with E-state index in [9.17, 15) is 4.79 Å². The van der Waals surface area contributed by atoms with Gasteiger partial charge in [0.1, 0.15) is 5.82 Å². The first-order valence-corrected chi connectivity index (χ1v) is 7.78. The molecule has 0 spiro atoms. The second-order valence-electron chi connectivity index (χ2n) is 5.46. The minimum Gasteiger partial charge on any atom is -0.493 e. The number of hydrogen-bond donors (Lipinski definition) is 2. The summed E-state index contributed by atoms with van der Waals surface area (Å²) in [5.41, 5.74) is 1.97. The van der Waals surface area contributed by atoms with Gasteiger partial charge in [0.15, 0.2) is 16.9 Å². The topological polar surface area (TPSA) is 63.3 Å². The van der Waals surface area contributed by atoms with E-state index in [4.69, 9.17) is 9.47 Å². The van der Waals surface area contributed by atoms with Crippen molar-refractivity contribution >= 4 is 16.7 Å². The van der Waals surface area contributed by atoms with Gasteiger partial charge < -0.3 is 19.8 Å². The summed E-state index contributed by atoms with van der Waals surface area (Å²) in [6, 6.07) is 14.9. The third-order valence-corrected chi connectivity index (χ3v) is 3.91. The number of anilines is 1. The Labute approximate surface area is 140 Å². The first-order chi connectivity index (χ1) is 11.7. The number of fused-ring (bicyclic) bond motifs is 1. The molecule has 0 fully saturated rings. The average Bonchev–Trinajstić information content (AvgIpc) is 2.61. The monoisotopic (exact) mass is 324 g/mol. The number of rotatable bonds is 6. The van der Waals surface area contributed by atoms with E-state index >= 15 is 0 Å². The summed E-state index contributed by atoms with van der Waals surface area (Å²) >= 11 is 0. The zero-order chi connectivity index (χ0) is 16.9. The lowest BCUT2D eigenvalue weighted by Gasteiger charge is -2.11.